The highest BCUT2D eigenvalue weighted by Crippen LogP contribution is 2.27. The number of rotatable bonds is 5. The van der Waals surface area contributed by atoms with Crippen LogP contribution in [-0.4, -0.2) is 49.4 Å². The molecule has 0 aromatic heterocycles. The van der Waals surface area contributed by atoms with Gasteiger partial charge in [0.1, 0.15) is 0 Å². The summed E-state index contributed by atoms with van der Waals surface area (Å²) in [5, 5.41) is 2.41. The van der Waals surface area contributed by atoms with Gasteiger partial charge in [0.25, 0.3) is 6.43 Å². The smallest absolute Gasteiger partial charge is 0.264 e. The predicted molar refractivity (Wildman–Crippen MR) is 73.9 cm³/mol. The molecule has 1 N–H and O–H groups in total. The molecule has 0 saturated carbocycles. The van der Waals surface area contributed by atoms with E-state index >= 15 is 0 Å². The average molecular weight is 283 g/mol. The molecule has 1 aliphatic heterocycles. The molecule has 1 aromatic carbocycles. The van der Waals surface area contributed by atoms with E-state index in [1.165, 1.54) is 6.07 Å². The number of carbonyl (C=O) groups excluding carboxylic acids is 1. The van der Waals surface area contributed by atoms with Crippen molar-refractivity contribution in [1.82, 2.24) is 9.80 Å². The zero-order valence-electron chi connectivity index (χ0n) is 11.5. The van der Waals surface area contributed by atoms with Gasteiger partial charge in [-0.05, 0) is 24.7 Å². The van der Waals surface area contributed by atoms with Gasteiger partial charge in [0.2, 0.25) is 6.41 Å². The van der Waals surface area contributed by atoms with Crippen LogP contribution in [0.2, 0.25) is 0 Å². The fraction of sp³-hybridized carbons (Fsp3) is 0.500. The SMILES string of the molecule is CN1CCN(Cc2ccc(NC=O)cc2C(F)F)CC1. The third-order valence-corrected chi connectivity index (χ3v) is 3.60. The zero-order chi connectivity index (χ0) is 14.5. The number of alkyl halides is 2. The molecule has 4 nitrogen and oxygen atoms in total. The molecule has 0 bridgehead atoms. The van der Waals surface area contributed by atoms with E-state index in [2.05, 4.69) is 22.2 Å². The average Bonchev–Trinajstić information content (AvgIpc) is 2.43. The molecule has 20 heavy (non-hydrogen) atoms. The van der Waals surface area contributed by atoms with Crippen LogP contribution in [0.1, 0.15) is 17.6 Å². The molecule has 1 amide bonds. The van der Waals surface area contributed by atoms with Crippen LogP contribution in [-0.2, 0) is 11.3 Å². The second-order valence-electron chi connectivity index (χ2n) is 5.06. The lowest BCUT2D eigenvalue weighted by molar-refractivity contribution is -0.105. The van der Waals surface area contributed by atoms with E-state index in [-0.39, 0.29) is 5.56 Å². The number of nitrogens with one attached hydrogen (secondary N) is 1. The summed E-state index contributed by atoms with van der Waals surface area (Å²) in [6.45, 7) is 4.19. The third-order valence-electron chi connectivity index (χ3n) is 3.60. The second-order valence-corrected chi connectivity index (χ2v) is 5.06. The van der Waals surface area contributed by atoms with Crippen molar-refractivity contribution in [3.63, 3.8) is 0 Å². The topological polar surface area (TPSA) is 35.6 Å². The highest BCUT2D eigenvalue weighted by molar-refractivity contribution is 5.71. The first kappa shape index (κ1) is 14.9. The number of amides is 1. The highest BCUT2D eigenvalue weighted by Gasteiger charge is 2.18. The van der Waals surface area contributed by atoms with E-state index in [0.717, 1.165) is 26.2 Å². The minimum absolute atomic E-state index is 0.00391. The second kappa shape index (κ2) is 6.76. The number of anilines is 1. The van der Waals surface area contributed by atoms with E-state index in [1.54, 1.807) is 12.1 Å². The molecule has 1 saturated heterocycles. The number of hydrogen-bond donors (Lipinski definition) is 1. The maximum atomic E-state index is 13.1. The standard InChI is InChI=1S/C14H19F2N3O/c1-18-4-6-19(7-5-18)9-11-2-3-12(17-10-20)8-13(11)14(15)16/h2-3,8,10,14H,4-7,9H2,1H3,(H,17,20). The Balaban J connectivity index is 2.11. The third kappa shape index (κ3) is 3.74. The molecule has 110 valence electrons. The minimum Gasteiger partial charge on any atom is -0.329 e. The molecule has 0 unspecified atom stereocenters. The van der Waals surface area contributed by atoms with Gasteiger partial charge in [-0.2, -0.15) is 0 Å². The van der Waals surface area contributed by atoms with Crippen LogP contribution in [0.5, 0.6) is 0 Å². The minimum atomic E-state index is -2.54. The quantitative estimate of drug-likeness (QED) is 0.839. The van der Waals surface area contributed by atoms with Gasteiger partial charge in [-0.1, -0.05) is 6.07 Å². The van der Waals surface area contributed by atoms with Crippen molar-refractivity contribution in [2.45, 2.75) is 13.0 Å². The van der Waals surface area contributed by atoms with Gasteiger partial charge in [0, 0.05) is 44.0 Å². The lowest BCUT2D eigenvalue weighted by Crippen LogP contribution is -2.44. The van der Waals surface area contributed by atoms with Crippen molar-refractivity contribution < 1.29 is 13.6 Å². The number of piperazine rings is 1. The maximum Gasteiger partial charge on any atom is 0.264 e. The monoisotopic (exact) mass is 283 g/mol. The summed E-state index contributed by atoms with van der Waals surface area (Å²) in [6.07, 6.45) is -2.05. The Kier molecular flexibility index (Phi) is 5.03. The normalized spacial score (nSPS) is 17.4. The molecule has 0 spiro atoms. The van der Waals surface area contributed by atoms with Gasteiger partial charge < -0.3 is 10.2 Å². The summed E-state index contributed by atoms with van der Waals surface area (Å²) < 4.78 is 26.2. The molecule has 6 heteroatoms. The Morgan fingerprint density at radius 3 is 2.60 bits per heavy atom. The molecular formula is C14H19F2N3O. The van der Waals surface area contributed by atoms with Gasteiger partial charge >= 0.3 is 0 Å². The van der Waals surface area contributed by atoms with Crippen LogP contribution in [0.15, 0.2) is 18.2 Å². The van der Waals surface area contributed by atoms with E-state index < -0.39 is 6.43 Å². The van der Waals surface area contributed by atoms with Crippen molar-refractivity contribution in [2.75, 3.05) is 38.5 Å². The first-order valence-corrected chi connectivity index (χ1v) is 6.62. The highest BCUT2D eigenvalue weighted by atomic mass is 19.3. The summed E-state index contributed by atoms with van der Waals surface area (Å²) in [5.74, 6) is 0. The van der Waals surface area contributed by atoms with E-state index in [4.69, 9.17) is 0 Å². The lowest BCUT2D eigenvalue weighted by Gasteiger charge is -2.32. The van der Waals surface area contributed by atoms with E-state index in [9.17, 15) is 13.6 Å². The fourth-order valence-corrected chi connectivity index (χ4v) is 2.35. The number of hydrogen-bond acceptors (Lipinski definition) is 3. The van der Waals surface area contributed by atoms with E-state index in [0.29, 0.717) is 24.2 Å². The fourth-order valence-electron chi connectivity index (χ4n) is 2.35. The van der Waals surface area contributed by atoms with Crippen molar-refractivity contribution in [3.05, 3.63) is 29.3 Å². The number of benzene rings is 1. The molecular weight excluding hydrogens is 264 g/mol. The maximum absolute atomic E-state index is 13.1. The Morgan fingerprint density at radius 2 is 2.00 bits per heavy atom. The summed E-state index contributed by atoms with van der Waals surface area (Å²) in [4.78, 5) is 14.8. The van der Waals surface area contributed by atoms with Crippen LogP contribution < -0.4 is 5.32 Å². The lowest BCUT2D eigenvalue weighted by atomic mass is 10.1. The van der Waals surface area contributed by atoms with Gasteiger partial charge in [-0.25, -0.2) is 8.78 Å². The van der Waals surface area contributed by atoms with Crippen LogP contribution >= 0.6 is 0 Å². The Bertz CT molecular complexity index is 460. The summed E-state index contributed by atoms with van der Waals surface area (Å²) >= 11 is 0. The molecule has 0 aliphatic carbocycles. The number of halogens is 2. The van der Waals surface area contributed by atoms with Crippen molar-refractivity contribution in [3.8, 4) is 0 Å². The van der Waals surface area contributed by atoms with Gasteiger partial charge in [-0.15, -0.1) is 0 Å². The largest absolute Gasteiger partial charge is 0.329 e. The molecule has 1 fully saturated rings. The van der Waals surface area contributed by atoms with Crippen molar-refractivity contribution in [1.29, 1.82) is 0 Å². The molecule has 0 atom stereocenters. The molecule has 1 heterocycles. The van der Waals surface area contributed by atoms with Crippen LogP contribution in [0.4, 0.5) is 14.5 Å². The van der Waals surface area contributed by atoms with E-state index in [1.807, 2.05) is 0 Å². The van der Waals surface area contributed by atoms with Crippen LogP contribution in [0.3, 0.4) is 0 Å². The zero-order valence-corrected chi connectivity index (χ0v) is 11.5. The summed E-state index contributed by atoms with van der Waals surface area (Å²) in [6, 6.07) is 4.68. The van der Waals surface area contributed by atoms with Crippen LogP contribution in [0.25, 0.3) is 0 Å². The summed E-state index contributed by atoms with van der Waals surface area (Å²) in [5.41, 5.74) is 1.02. The summed E-state index contributed by atoms with van der Waals surface area (Å²) in [7, 11) is 2.06. The van der Waals surface area contributed by atoms with Gasteiger partial charge in [-0.3, -0.25) is 9.69 Å². The Labute approximate surface area is 117 Å². The first-order chi connectivity index (χ1) is 9.60. The van der Waals surface area contributed by atoms with Crippen molar-refractivity contribution >= 4 is 12.1 Å². The number of nitrogens with zero attached hydrogens (tertiary/aromatic N) is 2. The Morgan fingerprint density at radius 1 is 1.30 bits per heavy atom. The predicted octanol–water partition coefficient (Wildman–Crippen LogP) is 1.94. The Hall–Kier alpha value is -1.53. The first-order valence-electron chi connectivity index (χ1n) is 6.62. The molecule has 1 aromatic rings. The van der Waals surface area contributed by atoms with Gasteiger partial charge in [0.05, 0.1) is 0 Å². The number of carbonyl (C=O) groups is 1. The molecule has 2 rings (SSSR count). The van der Waals surface area contributed by atoms with Gasteiger partial charge in [0.15, 0.2) is 0 Å². The number of likely N-dealkylation sites (N-methyl/N-ethyl adjacent to an activating group) is 1. The molecule has 0 radical (unpaired) electrons. The van der Waals surface area contributed by atoms with Crippen molar-refractivity contribution in [2.24, 2.45) is 0 Å². The molecule has 1 aliphatic rings. The van der Waals surface area contributed by atoms with Crippen LogP contribution in [0, 0.1) is 0 Å².